The Hall–Kier alpha value is 0.640. The van der Waals surface area contributed by atoms with Crippen LogP contribution >= 0.6 is 67.8 Å². The molecule has 3 N–H and O–H groups in total. The molecule has 1 amide bonds. The molecule has 0 unspecified atom stereocenters. The van der Waals surface area contributed by atoms with Crippen molar-refractivity contribution in [3.63, 3.8) is 0 Å². The summed E-state index contributed by atoms with van der Waals surface area (Å²) in [7, 11) is 0. The fourth-order valence-electron chi connectivity index (χ4n) is 1.15. The Morgan fingerprint density at radius 1 is 1.29 bits per heavy atom. The maximum absolute atomic E-state index is 10.9. The molecule has 0 saturated heterocycles. The van der Waals surface area contributed by atoms with E-state index in [1.165, 1.54) is 3.57 Å². The first kappa shape index (κ1) is 15.7. The van der Waals surface area contributed by atoms with Crippen molar-refractivity contribution < 1.29 is 9.53 Å². The van der Waals surface area contributed by atoms with Crippen molar-refractivity contribution in [3.8, 4) is 5.75 Å². The molecule has 1 aromatic rings. The second-order valence-corrected chi connectivity index (χ2v) is 6.79. The number of hydrazine groups is 1. The Bertz CT molecular complexity index is 390. The van der Waals surface area contributed by atoms with Crippen LogP contribution in [-0.4, -0.2) is 12.5 Å². The van der Waals surface area contributed by atoms with E-state index in [0.717, 1.165) is 12.9 Å². The van der Waals surface area contributed by atoms with Gasteiger partial charge in [0.25, 0.3) is 0 Å². The summed E-state index contributed by atoms with van der Waals surface area (Å²) in [6.45, 7) is 0.514. The van der Waals surface area contributed by atoms with E-state index in [1.807, 2.05) is 0 Å². The number of hydrogen-bond donors (Lipinski definition) is 2. The van der Waals surface area contributed by atoms with Gasteiger partial charge in [-0.25, -0.2) is 5.84 Å². The smallest absolute Gasteiger partial charge is 0.234 e. The van der Waals surface area contributed by atoms with Crippen LogP contribution in [0, 0.1) is 10.7 Å². The first-order valence-electron chi connectivity index (χ1n) is 4.81. The van der Waals surface area contributed by atoms with Gasteiger partial charge in [0.15, 0.2) is 0 Å². The van der Waals surface area contributed by atoms with E-state index in [0.29, 0.717) is 19.4 Å². The second kappa shape index (κ2) is 7.94. The number of amides is 1. The number of rotatable bonds is 5. The van der Waals surface area contributed by atoms with Crippen molar-refractivity contribution in [1.29, 1.82) is 0 Å². The number of carbonyl (C=O) groups is 1. The number of benzene rings is 1. The van der Waals surface area contributed by atoms with Crippen LogP contribution < -0.4 is 16.0 Å². The molecular weight excluding hydrogens is 561 g/mol. The molecule has 94 valence electrons. The molecular formula is C10H11I3N2O2. The third kappa shape index (κ3) is 5.42. The zero-order chi connectivity index (χ0) is 12.8. The van der Waals surface area contributed by atoms with Gasteiger partial charge >= 0.3 is 0 Å². The van der Waals surface area contributed by atoms with E-state index < -0.39 is 0 Å². The van der Waals surface area contributed by atoms with Gasteiger partial charge in [0.1, 0.15) is 5.75 Å². The van der Waals surface area contributed by atoms with E-state index in [-0.39, 0.29) is 5.91 Å². The van der Waals surface area contributed by atoms with Crippen LogP contribution in [0.4, 0.5) is 0 Å². The van der Waals surface area contributed by atoms with E-state index >= 15 is 0 Å². The lowest BCUT2D eigenvalue weighted by Crippen LogP contribution is -2.30. The molecule has 1 aromatic carbocycles. The summed E-state index contributed by atoms with van der Waals surface area (Å²) >= 11 is 6.78. The number of nitrogens with one attached hydrogen (secondary N) is 1. The highest BCUT2D eigenvalue weighted by Gasteiger charge is 2.08. The minimum absolute atomic E-state index is 0.166. The summed E-state index contributed by atoms with van der Waals surface area (Å²) in [5.74, 6) is 5.71. The number of ether oxygens (including phenoxy) is 1. The van der Waals surface area contributed by atoms with Crippen molar-refractivity contribution in [3.05, 3.63) is 22.8 Å². The molecule has 0 fully saturated rings. The Labute approximate surface area is 141 Å². The van der Waals surface area contributed by atoms with Gasteiger partial charge in [-0.1, -0.05) is 0 Å². The zero-order valence-electron chi connectivity index (χ0n) is 8.80. The van der Waals surface area contributed by atoms with Crippen molar-refractivity contribution >= 4 is 73.7 Å². The van der Waals surface area contributed by atoms with Gasteiger partial charge < -0.3 is 4.74 Å². The van der Waals surface area contributed by atoms with Gasteiger partial charge in [-0.15, -0.1) is 0 Å². The van der Waals surface area contributed by atoms with Gasteiger partial charge in [-0.3, -0.25) is 10.2 Å². The Morgan fingerprint density at radius 2 is 1.88 bits per heavy atom. The first-order chi connectivity index (χ1) is 8.04. The number of halogens is 3. The van der Waals surface area contributed by atoms with Crippen molar-refractivity contribution in [2.24, 2.45) is 5.84 Å². The Morgan fingerprint density at radius 3 is 2.41 bits per heavy atom. The molecule has 0 aromatic heterocycles. The Balaban J connectivity index is 2.50. The number of nitrogens with two attached hydrogens (primary N) is 1. The fraction of sp³-hybridized carbons (Fsp3) is 0.300. The van der Waals surface area contributed by atoms with Gasteiger partial charge in [-0.2, -0.15) is 0 Å². The van der Waals surface area contributed by atoms with Crippen LogP contribution in [0.5, 0.6) is 5.75 Å². The number of carbonyl (C=O) groups excluding carboxylic acids is 1. The zero-order valence-corrected chi connectivity index (χ0v) is 15.3. The van der Waals surface area contributed by atoms with Crippen molar-refractivity contribution in [2.45, 2.75) is 12.8 Å². The molecule has 0 bridgehead atoms. The molecule has 7 heteroatoms. The average Bonchev–Trinajstić information content (AvgIpc) is 2.26. The average molecular weight is 572 g/mol. The molecule has 0 atom stereocenters. The largest absolute Gasteiger partial charge is 0.491 e. The lowest BCUT2D eigenvalue weighted by Gasteiger charge is -2.10. The van der Waals surface area contributed by atoms with Gasteiger partial charge in [0.2, 0.25) is 5.91 Å². The maximum Gasteiger partial charge on any atom is 0.234 e. The second-order valence-electron chi connectivity index (χ2n) is 3.22. The Kier molecular flexibility index (Phi) is 7.33. The van der Waals surface area contributed by atoms with Crippen LogP contribution in [0.2, 0.25) is 0 Å². The standard InChI is InChI=1S/C10H11I3N2O2/c11-6-4-7(12)10(8(13)5-6)17-3-1-2-9(16)15-14/h4-5H,1-3,14H2,(H,15,16). The third-order valence-electron chi connectivity index (χ3n) is 1.92. The highest BCUT2D eigenvalue weighted by molar-refractivity contribution is 14.1. The summed E-state index contributed by atoms with van der Waals surface area (Å²) in [6.07, 6.45) is 1.04. The minimum Gasteiger partial charge on any atom is -0.491 e. The monoisotopic (exact) mass is 572 g/mol. The topological polar surface area (TPSA) is 64.3 Å². The van der Waals surface area contributed by atoms with Crippen LogP contribution in [0.1, 0.15) is 12.8 Å². The fourth-order valence-corrected chi connectivity index (χ4v) is 5.04. The van der Waals surface area contributed by atoms with Crippen LogP contribution in [0.25, 0.3) is 0 Å². The van der Waals surface area contributed by atoms with Gasteiger partial charge in [-0.05, 0) is 86.3 Å². The van der Waals surface area contributed by atoms with E-state index in [2.05, 4.69) is 85.3 Å². The van der Waals surface area contributed by atoms with Crippen molar-refractivity contribution in [2.75, 3.05) is 6.61 Å². The summed E-state index contributed by atoms with van der Waals surface area (Å²) in [6, 6.07) is 4.12. The predicted molar refractivity (Wildman–Crippen MR) is 91.7 cm³/mol. The molecule has 0 aliphatic carbocycles. The molecule has 0 spiro atoms. The first-order valence-corrected chi connectivity index (χ1v) is 8.05. The normalized spacial score (nSPS) is 10.1. The van der Waals surface area contributed by atoms with Crippen LogP contribution in [0.15, 0.2) is 12.1 Å². The van der Waals surface area contributed by atoms with Crippen LogP contribution in [-0.2, 0) is 4.79 Å². The quantitative estimate of drug-likeness (QED) is 0.188. The summed E-state index contributed by atoms with van der Waals surface area (Å²) in [4.78, 5) is 10.9. The lowest BCUT2D eigenvalue weighted by atomic mass is 10.3. The summed E-state index contributed by atoms with van der Waals surface area (Å²) in [5.41, 5.74) is 2.10. The molecule has 0 saturated carbocycles. The number of hydrogen-bond acceptors (Lipinski definition) is 3. The molecule has 0 radical (unpaired) electrons. The molecule has 4 nitrogen and oxygen atoms in total. The van der Waals surface area contributed by atoms with Gasteiger partial charge in [0.05, 0.1) is 13.7 Å². The highest BCUT2D eigenvalue weighted by atomic mass is 127. The van der Waals surface area contributed by atoms with E-state index in [4.69, 9.17) is 10.6 Å². The van der Waals surface area contributed by atoms with E-state index in [1.54, 1.807) is 0 Å². The van der Waals surface area contributed by atoms with E-state index in [9.17, 15) is 4.79 Å². The van der Waals surface area contributed by atoms with Crippen LogP contribution in [0.3, 0.4) is 0 Å². The molecule has 0 heterocycles. The predicted octanol–water partition coefficient (Wildman–Crippen LogP) is 2.65. The third-order valence-corrected chi connectivity index (χ3v) is 4.14. The van der Waals surface area contributed by atoms with Gasteiger partial charge in [0, 0.05) is 9.99 Å². The minimum atomic E-state index is -0.166. The SMILES string of the molecule is NNC(=O)CCCOc1c(I)cc(I)cc1I. The summed E-state index contributed by atoms with van der Waals surface area (Å²) in [5, 5.41) is 0. The molecule has 1 rings (SSSR count). The highest BCUT2D eigenvalue weighted by Crippen LogP contribution is 2.29. The maximum atomic E-state index is 10.9. The molecule has 17 heavy (non-hydrogen) atoms. The van der Waals surface area contributed by atoms with Crippen molar-refractivity contribution in [1.82, 2.24) is 5.43 Å². The molecule has 0 aliphatic heterocycles. The summed E-state index contributed by atoms with van der Waals surface area (Å²) < 4.78 is 9.04. The lowest BCUT2D eigenvalue weighted by molar-refractivity contribution is -0.121. The molecule has 0 aliphatic rings.